The number of carbonyl (C=O) groups excluding carboxylic acids is 3. The average Bonchev–Trinajstić information content (AvgIpc) is 1.61. The Bertz CT molecular complexity index is 2860. The first-order valence-corrected chi connectivity index (χ1v) is 38.6. The lowest BCUT2D eigenvalue weighted by atomic mass is 9.97. The summed E-state index contributed by atoms with van der Waals surface area (Å²) >= 11 is 0. The first-order valence-electron chi connectivity index (χ1n) is 38.6. The topological polar surface area (TPSA) is 1150 Å². The van der Waals surface area contributed by atoms with E-state index >= 15 is 0 Å². The van der Waals surface area contributed by atoms with E-state index in [2.05, 4.69) is 0 Å². The maximum absolute atomic E-state index is 10.9. The van der Waals surface area contributed by atoms with Crippen LogP contribution in [0.1, 0.15) is 0 Å². The molecule has 8 rings (SSSR count). The third kappa shape index (κ3) is 33.8. The van der Waals surface area contributed by atoms with Crippen LogP contribution in [0.15, 0.2) is 0 Å². The van der Waals surface area contributed by atoms with Crippen LogP contribution in [0.4, 0.5) is 0 Å². The van der Waals surface area contributed by atoms with Gasteiger partial charge in [0.15, 0.2) is 30.9 Å². The molecule has 762 valence electrons. The van der Waals surface area contributed by atoms with Crippen molar-refractivity contribution in [3.63, 3.8) is 0 Å². The van der Waals surface area contributed by atoms with Crippen molar-refractivity contribution < 1.29 is 281 Å². The van der Waals surface area contributed by atoms with Gasteiger partial charge in [-0.3, -0.25) is 4.79 Å². The van der Waals surface area contributed by atoms with Gasteiger partial charge >= 0.3 is 0 Å². The van der Waals surface area contributed by atoms with E-state index in [0.29, 0.717) is 0 Å². The maximum Gasteiger partial charge on any atom is 0.224 e. The molecule has 0 aliphatic carbocycles. The Balaban J connectivity index is 0.000000811. The highest BCUT2D eigenvalue weighted by molar-refractivity contribution is 5.85. The molecule has 0 bridgehead atoms. The summed E-state index contributed by atoms with van der Waals surface area (Å²) in [4.78, 5) is 30.7. The molecule has 8 aliphatic rings. The van der Waals surface area contributed by atoms with Crippen molar-refractivity contribution >= 4 is 18.4 Å². The molecular weight excluding hydrogens is 1770 g/mol. The summed E-state index contributed by atoms with van der Waals surface area (Å²) in [6, 6.07) is -2.53. The van der Waals surface area contributed by atoms with Gasteiger partial charge in [-0.2, -0.15) is 0 Å². The molecule has 0 aromatic rings. The summed E-state index contributed by atoms with van der Waals surface area (Å²) in [5, 5.41) is 383. The summed E-state index contributed by atoms with van der Waals surface area (Å²) < 4.78 is 62.0. The Morgan fingerprint density at radius 2 is 0.711 bits per heavy atom. The van der Waals surface area contributed by atoms with Crippen LogP contribution >= 0.6 is 0 Å². The predicted molar refractivity (Wildman–Crippen MR) is 400 cm³/mol. The summed E-state index contributed by atoms with van der Waals surface area (Å²) in [5.74, 6) is -3.28. The number of ketones is 1. The van der Waals surface area contributed by atoms with Crippen LogP contribution in [-0.4, -0.2) is 620 Å². The number of Topliss-reactive ketones (excluding diaryl/α,β-unsaturated/α-hetero) is 1. The Morgan fingerprint density at radius 3 is 1.06 bits per heavy atom. The van der Waals surface area contributed by atoms with Crippen molar-refractivity contribution in [3.05, 3.63) is 0 Å². The maximum atomic E-state index is 10.9. The molecule has 8 heterocycles. The van der Waals surface area contributed by atoms with E-state index < -0.39 is 385 Å². The second kappa shape index (κ2) is 59.6. The molecule has 3 unspecified atom stereocenters. The van der Waals surface area contributed by atoms with Gasteiger partial charge in [-0.05, 0) is 0 Å². The lowest BCUT2D eigenvalue weighted by Gasteiger charge is -2.47. The van der Waals surface area contributed by atoms with E-state index in [9.17, 15) is 111 Å². The van der Waals surface area contributed by atoms with E-state index in [0.717, 1.165) is 0 Å². The lowest BCUT2D eigenvalue weighted by molar-refractivity contribution is -0.409. The van der Waals surface area contributed by atoms with Crippen molar-refractivity contribution in [1.29, 1.82) is 0 Å². The van der Waals surface area contributed by atoms with Gasteiger partial charge in [-0.15, -0.1) is 0 Å². The molecule has 0 aromatic carbocycles. The first kappa shape index (κ1) is 123. The smallest absolute Gasteiger partial charge is 0.224 e. The van der Waals surface area contributed by atoms with Gasteiger partial charge in [0.05, 0.1) is 91.3 Å². The minimum absolute atomic E-state index is 0.0284. The van der Waals surface area contributed by atoms with E-state index in [1.165, 1.54) is 7.11 Å². The molecule has 62 heteroatoms. The van der Waals surface area contributed by atoms with Gasteiger partial charge in [0.25, 0.3) is 0 Å². The SMILES string of the molecule is CO[C@H]1O[C@H](CO)[C@H](O)[C@H](O)[C@H]1O.NC1OC[C@@H](O)[C@@H](O)[C@H]1O.NC1O[C@H](CO)[C@@H](O)[C@H](O)[C@H]1O.NC1O[C@H](CO)[C@H](O)[C@H](O)[C@H]1O.NCC(=O)[C@@H](O)[C@H](O)[C@H](O)CO.N[C@@H](C=O)[C@@H](O)[C@H](O)[C@H](O)CO.N[C@H](C=O)[C@@H](O)[C@H](O)[C@H](O)CO.OC[C@H]1O[C@H](OC[C@H]2O[C@H](O[C@H]3[C@@H](O[C@]4(CO)O[C@H](CO)[C@@H](O)[C@@H]4O)O[C@H](CO)[C@@H](O)[C@@H]3O)[C@H](O)[C@@H](O)[C@H]2O)[C@H](O)[C@@H](O)[C@H]1O. The summed E-state index contributed by atoms with van der Waals surface area (Å²) in [6.45, 7) is -8.24. The van der Waals surface area contributed by atoms with E-state index in [1.54, 1.807) is 0 Å². The molecule has 0 radical (unpaired) electrons. The van der Waals surface area contributed by atoms with Crippen LogP contribution in [0.5, 0.6) is 0 Å². The van der Waals surface area contributed by atoms with Crippen LogP contribution in [0.3, 0.4) is 0 Å². The molecule has 0 saturated carbocycles. The largest absolute Gasteiger partial charge is 0.394 e. The highest BCUT2D eigenvalue weighted by Crippen LogP contribution is 2.38. The standard InChI is InChI=1S/C24H42O21.C7H14O6.5C6H13NO5.C5H11NO4/c25-1-6-10(29)14(33)17(36)21(40-6)39-4-9-12(31)15(34)18(37)22(42-9)43-19-16(35)11(30)7(2-26)41-23(19)45-24(5-28)20(38)13(32)8(3-27)44-24;1-12-7-6(11)5(10)4(9)3(2-8)13-7;2*7-6-5(11)4(10)3(9)2(1-8)12-6;2*7-3(1-8)5(11)6(12)4(10)2-9;7-1-3(9)5(11)6(12)4(10)2-8;6-5-4(9)3(8)2(7)1-10-5/h6-23,25-38H,1-5H2;3-11H,2H2,1H3;2*2-6,8-11H,1,7H2;2*1,3-6,9-12H,2,7H2;4-6,8,10-12H,1-2,7H2;2-5,7-9H,1,6H2/t6-,7-,8-,9-,10+,11-,12+,13-,14+,15+,16+,17-,18-,19-,20+,21+,22-,23-,24+;3-,4+,5+,6-,7+;2-,3+,4+,5-,6?;2-,3-,4+,5-,6?;3-,4+,5+,6+;3-,4-,5-,6-;4-,5-,6-;2-,3-,4-,5?/m11110111/s1. The van der Waals surface area contributed by atoms with Crippen LogP contribution in [-0.2, 0) is 71.2 Å². The zero-order valence-corrected chi connectivity index (χ0v) is 68.0. The highest BCUT2D eigenvalue weighted by atomic mass is 16.8. The van der Waals surface area contributed by atoms with Gasteiger partial charge in [-0.25, -0.2) is 0 Å². The minimum atomic E-state index is -2.50. The number of carbonyl (C=O) groups is 3. The van der Waals surface area contributed by atoms with Gasteiger partial charge in [0.2, 0.25) is 5.79 Å². The molecule has 8 aliphatic heterocycles. The fourth-order valence-corrected chi connectivity index (χ4v) is 11.7. The second-order valence-electron chi connectivity index (χ2n) is 29.3. The average molecular weight is 1910 g/mol. The Kier molecular flexibility index (Phi) is 57.1. The number of aliphatic hydroxyl groups excluding tert-OH is 41. The molecule has 0 amide bonds. The van der Waals surface area contributed by atoms with Crippen LogP contribution in [0.2, 0.25) is 0 Å². The monoisotopic (exact) mass is 1900 g/mol. The second-order valence-corrected chi connectivity index (χ2v) is 29.3. The van der Waals surface area contributed by atoms with Crippen LogP contribution < -0.4 is 34.4 Å². The van der Waals surface area contributed by atoms with Crippen molar-refractivity contribution in [2.75, 3.05) is 92.9 Å². The van der Waals surface area contributed by atoms with Crippen molar-refractivity contribution in [1.82, 2.24) is 0 Å². The Labute approximate surface area is 724 Å². The van der Waals surface area contributed by atoms with E-state index in [-0.39, 0.29) is 19.2 Å². The summed E-state index contributed by atoms with van der Waals surface area (Å²) in [5.41, 5.74) is 30.6. The molecule has 8 fully saturated rings. The predicted octanol–water partition coefficient (Wildman–Crippen LogP) is -31.7. The third-order valence-electron chi connectivity index (χ3n) is 20.2. The first-order chi connectivity index (χ1) is 59.7. The number of aldehydes is 2. The third-order valence-corrected chi connectivity index (χ3v) is 20.2. The lowest BCUT2D eigenvalue weighted by Crippen LogP contribution is -2.66. The minimum Gasteiger partial charge on any atom is -0.394 e. The number of ether oxygens (including phenoxy) is 12. The normalized spacial score (nSPS) is 42.0. The molecule has 0 aromatic heterocycles. The summed E-state index contributed by atoms with van der Waals surface area (Å²) in [7, 11) is 1.30. The molecular formula is C66H132N6O56. The van der Waals surface area contributed by atoms with E-state index in [1.807, 2.05) is 0 Å². The van der Waals surface area contributed by atoms with Crippen molar-refractivity contribution in [3.8, 4) is 0 Å². The van der Waals surface area contributed by atoms with Gasteiger partial charge < -0.3 is 310 Å². The number of hydrogen-bond donors (Lipinski definition) is 47. The Morgan fingerprint density at radius 1 is 0.383 bits per heavy atom. The molecule has 49 atom stereocenters. The molecule has 0 spiro atoms. The zero-order chi connectivity index (χ0) is 98.9. The highest BCUT2D eigenvalue weighted by Gasteiger charge is 2.60. The van der Waals surface area contributed by atoms with Crippen LogP contribution in [0, 0.1) is 0 Å². The number of nitrogens with two attached hydrogens (primary N) is 6. The number of aliphatic hydroxyl groups is 41. The fraction of sp³-hybridized carbons (Fsp3) is 0.955. The van der Waals surface area contributed by atoms with Gasteiger partial charge in [-0.1, -0.05) is 0 Å². The molecule has 62 nitrogen and oxygen atoms in total. The Hall–Kier alpha value is -3.35. The molecule has 128 heavy (non-hydrogen) atoms. The fourth-order valence-electron chi connectivity index (χ4n) is 11.7. The van der Waals surface area contributed by atoms with Gasteiger partial charge in [0, 0.05) is 7.11 Å². The molecule has 8 saturated heterocycles. The zero-order valence-electron chi connectivity index (χ0n) is 68.0. The van der Waals surface area contributed by atoms with E-state index in [4.69, 9.17) is 204 Å². The number of hydrogen-bond acceptors (Lipinski definition) is 62. The molecule has 53 N–H and O–H groups in total. The summed E-state index contributed by atoms with van der Waals surface area (Å²) in [6.07, 6.45) is -68.3. The number of methoxy groups -OCH3 is 1. The van der Waals surface area contributed by atoms with Gasteiger partial charge in [0.1, 0.15) is 276 Å². The number of rotatable bonds is 30. The van der Waals surface area contributed by atoms with Crippen molar-refractivity contribution in [2.24, 2.45) is 34.4 Å². The van der Waals surface area contributed by atoms with Crippen molar-refractivity contribution in [2.45, 2.75) is 300 Å². The quantitative estimate of drug-likeness (QED) is 0.0297. The van der Waals surface area contributed by atoms with Crippen LogP contribution in [0.25, 0.3) is 0 Å².